The van der Waals surface area contributed by atoms with Crippen molar-refractivity contribution in [2.24, 2.45) is 12.9 Å². The molecule has 0 aromatic carbocycles. The summed E-state index contributed by atoms with van der Waals surface area (Å²) in [5.74, 6) is 6.89. The number of hydrogen-bond donors (Lipinski definition) is 3. The monoisotopic (exact) mass is 263 g/mol. The first-order valence-corrected chi connectivity index (χ1v) is 5.82. The maximum Gasteiger partial charge on any atom is 0.205 e. The lowest BCUT2D eigenvalue weighted by Crippen LogP contribution is -2.13. The Morgan fingerprint density at radius 1 is 1.37 bits per heavy atom. The Morgan fingerprint density at radius 3 is 2.79 bits per heavy atom. The van der Waals surface area contributed by atoms with Gasteiger partial charge >= 0.3 is 0 Å². The molecule has 0 saturated carbocycles. The summed E-state index contributed by atoms with van der Waals surface area (Å²) in [6, 6.07) is 1.98. The normalized spacial score (nSPS) is 10.3. The highest BCUT2D eigenvalue weighted by Crippen LogP contribution is 2.27. The van der Waals surface area contributed by atoms with E-state index in [9.17, 15) is 0 Å². The number of ether oxygens (including phenoxy) is 1. The fourth-order valence-corrected chi connectivity index (χ4v) is 1.70. The number of nitrogen functional groups attached to an aromatic ring is 1. The second kappa shape index (κ2) is 6.01. The SMILES string of the molecule is COc1c(NN)ncnc1NCCc1ccn(C)n1. The van der Waals surface area contributed by atoms with Gasteiger partial charge in [-0.25, -0.2) is 15.8 Å². The van der Waals surface area contributed by atoms with Crippen LogP contribution < -0.4 is 21.3 Å². The topological polar surface area (TPSA) is 103 Å². The van der Waals surface area contributed by atoms with E-state index in [2.05, 4.69) is 25.8 Å². The third-order valence-electron chi connectivity index (χ3n) is 2.59. The number of hydrazine groups is 1. The molecular formula is C11H17N7O. The maximum atomic E-state index is 5.36. The lowest BCUT2D eigenvalue weighted by Gasteiger charge is -2.11. The van der Waals surface area contributed by atoms with Crippen molar-refractivity contribution in [3.8, 4) is 5.75 Å². The minimum Gasteiger partial charge on any atom is -0.490 e. The third-order valence-corrected chi connectivity index (χ3v) is 2.59. The van der Waals surface area contributed by atoms with Crippen molar-refractivity contribution in [2.75, 3.05) is 24.4 Å². The molecule has 2 rings (SSSR count). The standard InChI is InChI=1S/C11H17N7O/c1-18-6-4-8(17-18)3-5-13-10-9(19-2)11(16-12)15-7-14-10/h4,6-7H,3,5,12H2,1-2H3,(H2,13,14,15,16). The van der Waals surface area contributed by atoms with E-state index in [1.807, 2.05) is 19.3 Å². The van der Waals surface area contributed by atoms with Gasteiger partial charge in [-0.2, -0.15) is 5.10 Å². The van der Waals surface area contributed by atoms with E-state index >= 15 is 0 Å². The zero-order valence-electron chi connectivity index (χ0n) is 10.9. The average molecular weight is 263 g/mol. The second-order valence-electron chi connectivity index (χ2n) is 3.91. The Morgan fingerprint density at radius 2 is 2.16 bits per heavy atom. The van der Waals surface area contributed by atoms with Crippen LogP contribution in [0.3, 0.4) is 0 Å². The van der Waals surface area contributed by atoms with Gasteiger partial charge in [-0.15, -0.1) is 0 Å². The number of nitrogens with zero attached hydrogens (tertiary/aromatic N) is 4. The lowest BCUT2D eigenvalue weighted by molar-refractivity contribution is 0.414. The van der Waals surface area contributed by atoms with Gasteiger partial charge in [-0.3, -0.25) is 4.68 Å². The molecule has 0 unspecified atom stereocenters. The quantitative estimate of drug-likeness (QED) is 0.504. The summed E-state index contributed by atoms with van der Waals surface area (Å²) in [7, 11) is 3.44. The van der Waals surface area contributed by atoms with Gasteiger partial charge in [0.05, 0.1) is 12.8 Å². The number of nitrogens with two attached hydrogens (primary N) is 1. The van der Waals surface area contributed by atoms with Crippen LogP contribution in [-0.4, -0.2) is 33.4 Å². The van der Waals surface area contributed by atoms with Gasteiger partial charge in [0.1, 0.15) is 6.33 Å². The van der Waals surface area contributed by atoms with Crippen molar-refractivity contribution in [3.63, 3.8) is 0 Å². The van der Waals surface area contributed by atoms with Gasteiger partial charge in [-0.05, 0) is 6.07 Å². The molecule has 8 nitrogen and oxygen atoms in total. The van der Waals surface area contributed by atoms with Crippen LogP contribution in [0.15, 0.2) is 18.6 Å². The van der Waals surface area contributed by atoms with Crippen LogP contribution in [0.1, 0.15) is 5.69 Å². The Bertz CT molecular complexity index is 540. The van der Waals surface area contributed by atoms with E-state index < -0.39 is 0 Å². The van der Waals surface area contributed by atoms with E-state index in [1.165, 1.54) is 6.33 Å². The van der Waals surface area contributed by atoms with Gasteiger partial charge in [0.15, 0.2) is 11.6 Å². The van der Waals surface area contributed by atoms with Crippen molar-refractivity contribution in [2.45, 2.75) is 6.42 Å². The molecule has 0 amide bonds. The van der Waals surface area contributed by atoms with Gasteiger partial charge in [0, 0.05) is 26.2 Å². The molecule has 0 saturated heterocycles. The maximum absolute atomic E-state index is 5.36. The van der Waals surface area contributed by atoms with Crippen LogP contribution >= 0.6 is 0 Å². The summed E-state index contributed by atoms with van der Waals surface area (Å²) in [5, 5.41) is 7.47. The highest BCUT2D eigenvalue weighted by Gasteiger charge is 2.10. The van der Waals surface area contributed by atoms with E-state index in [-0.39, 0.29) is 0 Å². The van der Waals surface area contributed by atoms with E-state index in [1.54, 1.807) is 11.8 Å². The van der Waals surface area contributed by atoms with E-state index in [0.29, 0.717) is 23.9 Å². The first kappa shape index (κ1) is 13.1. The van der Waals surface area contributed by atoms with Crippen molar-refractivity contribution >= 4 is 11.6 Å². The number of aromatic nitrogens is 4. The molecule has 0 spiro atoms. The number of methoxy groups -OCH3 is 1. The first-order valence-electron chi connectivity index (χ1n) is 5.82. The molecular weight excluding hydrogens is 246 g/mol. The molecule has 0 fully saturated rings. The summed E-state index contributed by atoms with van der Waals surface area (Å²) >= 11 is 0. The molecule has 2 aromatic rings. The summed E-state index contributed by atoms with van der Waals surface area (Å²) < 4.78 is 7.00. The van der Waals surface area contributed by atoms with Crippen molar-refractivity contribution in [1.82, 2.24) is 19.7 Å². The Labute approximate surface area is 111 Å². The van der Waals surface area contributed by atoms with Gasteiger partial charge < -0.3 is 15.5 Å². The molecule has 0 radical (unpaired) electrons. The summed E-state index contributed by atoms with van der Waals surface area (Å²) in [5.41, 5.74) is 3.48. The van der Waals surface area contributed by atoms with Gasteiger partial charge in [0.2, 0.25) is 5.75 Å². The molecule has 0 atom stereocenters. The molecule has 2 heterocycles. The molecule has 2 aromatic heterocycles. The zero-order valence-corrected chi connectivity index (χ0v) is 10.9. The fraction of sp³-hybridized carbons (Fsp3) is 0.364. The average Bonchev–Trinajstić information content (AvgIpc) is 2.84. The summed E-state index contributed by atoms with van der Waals surface area (Å²) in [4.78, 5) is 8.10. The van der Waals surface area contributed by atoms with Crippen LogP contribution in [0.4, 0.5) is 11.6 Å². The van der Waals surface area contributed by atoms with Gasteiger partial charge in [-0.1, -0.05) is 0 Å². The van der Waals surface area contributed by atoms with Crippen molar-refractivity contribution in [3.05, 3.63) is 24.3 Å². The van der Waals surface area contributed by atoms with Gasteiger partial charge in [0.25, 0.3) is 0 Å². The summed E-state index contributed by atoms with van der Waals surface area (Å²) in [6.07, 6.45) is 4.12. The fourth-order valence-electron chi connectivity index (χ4n) is 1.70. The molecule has 0 aliphatic rings. The number of hydrogen-bond acceptors (Lipinski definition) is 7. The van der Waals surface area contributed by atoms with E-state index in [4.69, 9.17) is 10.6 Å². The second-order valence-corrected chi connectivity index (χ2v) is 3.91. The zero-order chi connectivity index (χ0) is 13.7. The summed E-state index contributed by atoms with van der Waals surface area (Å²) in [6.45, 7) is 0.689. The lowest BCUT2D eigenvalue weighted by atomic mass is 10.3. The minimum absolute atomic E-state index is 0.442. The molecule has 0 aliphatic heterocycles. The molecule has 102 valence electrons. The third kappa shape index (κ3) is 3.10. The van der Waals surface area contributed by atoms with Crippen LogP contribution in [0.2, 0.25) is 0 Å². The number of aryl methyl sites for hydroxylation is 1. The van der Waals surface area contributed by atoms with E-state index in [0.717, 1.165) is 12.1 Å². The number of rotatable bonds is 6. The van der Waals surface area contributed by atoms with Crippen molar-refractivity contribution < 1.29 is 4.74 Å². The first-order chi connectivity index (χ1) is 9.24. The largest absolute Gasteiger partial charge is 0.490 e. The molecule has 0 aliphatic carbocycles. The van der Waals surface area contributed by atoms with Crippen molar-refractivity contribution in [1.29, 1.82) is 0 Å². The Balaban J connectivity index is 1.99. The highest BCUT2D eigenvalue weighted by molar-refractivity contribution is 5.62. The molecule has 19 heavy (non-hydrogen) atoms. The highest BCUT2D eigenvalue weighted by atomic mass is 16.5. The smallest absolute Gasteiger partial charge is 0.205 e. The van der Waals surface area contributed by atoms with Crippen LogP contribution in [-0.2, 0) is 13.5 Å². The van der Waals surface area contributed by atoms with Crippen LogP contribution in [0, 0.1) is 0 Å². The molecule has 0 bridgehead atoms. The minimum atomic E-state index is 0.442. The Hall–Kier alpha value is -2.35. The molecule has 8 heteroatoms. The Kier molecular flexibility index (Phi) is 4.14. The predicted octanol–water partition coefficient (Wildman–Crippen LogP) is 0.159. The van der Waals surface area contributed by atoms with Crippen LogP contribution in [0.5, 0.6) is 5.75 Å². The van der Waals surface area contributed by atoms with Crippen LogP contribution in [0.25, 0.3) is 0 Å². The molecule has 4 N–H and O–H groups in total. The number of anilines is 2. The predicted molar refractivity (Wildman–Crippen MR) is 71.8 cm³/mol. The number of nitrogens with one attached hydrogen (secondary N) is 2.